The van der Waals surface area contributed by atoms with Gasteiger partial charge in [-0.1, -0.05) is 15.9 Å². The fraction of sp³-hybridized carbons (Fsp3) is 0.125. The van der Waals surface area contributed by atoms with Gasteiger partial charge in [0.15, 0.2) is 6.61 Å². The Morgan fingerprint density at radius 2 is 2.08 bits per heavy atom. The van der Waals surface area contributed by atoms with E-state index in [2.05, 4.69) is 15.9 Å². The molecule has 13 heavy (non-hydrogen) atoms. The molecule has 0 aliphatic carbocycles. The number of rotatable bonds is 3. The van der Waals surface area contributed by atoms with E-state index in [0.717, 1.165) is 4.47 Å². The van der Waals surface area contributed by atoms with Crippen molar-refractivity contribution in [2.75, 3.05) is 6.61 Å². The highest BCUT2D eigenvalue weighted by Gasteiger charge is 1.99. The van der Waals surface area contributed by atoms with Crippen LogP contribution in [-0.2, 0) is 4.79 Å². The molecule has 0 saturated carbocycles. The first kappa shape index (κ1) is 10.0. The lowest BCUT2D eigenvalue weighted by Gasteiger charge is -2.03. The molecular weight excluding hydrogens is 238 g/mol. The molecule has 1 aromatic rings. The van der Waals surface area contributed by atoms with Crippen LogP contribution in [0.15, 0.2) is 28.7 Å². The summed E-state index contributed by atoms with van der Waals surface area (Å²) in [5, 5.41) is 8.17. The molecule has 5 heteroatoms. The SMILES string of the molecule is O=C(COc1ccc(Br)cc1)NO. The first-order valence-corrected chi connectivity index (χ1v) is 4.33. The average Bonchev–Trinajstić information content (AvgIpc) is 2.16. The summed E-state index contributed by atoms with van der Waals surface area (Å²) < 4.78 is 5.96. The molecule has 0 fully saturated rings. The van der Waals surface area contributed by atoms with E-state index in [1.807, 2.05) is 0 Å². The lowest BCUT2D eigenvalue weighted by Crippen LogP contribution is -2.25. The van der Waals surface area contributed by atoms with Crippen LogP contribution in [0.2, 0.25) is 0 Å². The van der Waals surface area contributed by atoms with Crippen molar-refractivity contribution in [2.24, 2.45) is 0 Å². The quantitative estimate of drug-likeness (QED) is 0.624. The zero-order valence-corrected chi connectivity index (χ0v) is 8.24. The van der Waals surface area contributed by atoms with Gasteiger partial charge in [-0.15, -0.1) is 0 Å². The maximum atomic E-state index is 10.6. The summed E-state index contributed by atoms with van der Waals surface area (Å²) in [6.45, 7) is -0.196. The van der Waals surface area contributed by atoms with Crippen LogP contribution >= 0.6 is 15.9 Å². The minimum Gasteiger partial charge on any atom is -0.484 e. The van der Waals surface area contributed by atoms with E-state index in [-0.39, 0.29) is 6.61 Å². The van der Waals surface area contributed by atoms with Crippen LogP contribution in [0.4, 0.5) is 0 Å². The molecule has 4 nitrogen and oxygen atoms in total. The number of carbonyl (C=O) groups is 1. The lowest BCUT2D eigenvalue weighted by atomic mass is 10.3. The number of amides is 1. The number of hydroxylamine groups is 1. The second kappa shape index (κ2) is 4.84. The lowest BCUT2D eigenvalue weighted by molar-refractivity contribution is -0.131. The first-order chi connectivity index (χ1) is 6.22. The van der Waals surface area contributed by atoms with Gasteiger partial charge in [-0.05, 0) is 24.3 Å². The van der Waals surface area contributed by atoms with E-state index in [1.165, 1.54) is 5.48 Å². The van der Waals surface area contributed by atoms with Crippen LogP contribution in [0.3, 0.4) is 0 Å². The monoisotopic (exact) mass is 245 g/mol. The number of carbonyl (C=O) groups excluding carboxylic acids is 1. The van der Waals surface area contributed by atoms with Crippen molar-refractivity contribution in [3.05, 3.63) is 28.7 Å². The Hall–Kier alpha value is -1.07. The van der Waals surface area contributed by atoms with Crippen LogP contribution in [0.25, 0.3) is 0 Å². The maximum absolute atomic E-state index is 10.6. The van der Waals surface area contributed by atoms with Gasteiger partial charge in [0.1, 0.15) is 5.75 Å². The van der Waals surface area contributed by atoms with E-state index < -0.39 is 5.91 Å². The normalized spacial score (nSPS) is 9.38. The maximum Gasteiger partial charge on any atom is 0.281 e. The molecule has 0 spiro atoms. The van der Waals surface area contributed by atoms with Crippen LogP contribution < -0.4 is 10.2 Å². The third-order valence-electron chi connectivity index (χ3n) is 1.31. The first-order valence-electron chi connectivity index (χ1n) is 3.53. The van der Waals surface area contributed by atoms with Crippen molar-refractivity contribution in [3.8, 4) is 5.75 Å². The predicted molar refractivity (Wildman–Crippen MR) is 49.6 cm³/mol. The summed E-state index contributed by atoms with van der Waals surface area (Å²) in [4.78, 5) is 10.6. The van der Waals surface area contributed by atoms with E-state index in [1.54, 1.807) is 24.3 Å². The topological polar surface area (TPSA) is 58.6 Å². The number of benzene rings is 1. The van der Waals surface area contributed by atoms with Crippen LogP contribution in [0.5, 0.6) is 5.75 Å². The Morgan fingerprint density at radius 1 is 1.46 bits per heavy atom. The summed E-state index contributed by atoms with van der Waals surface area (Å²) >= 11 is 3.26. The molecule has 0 atom stereocenters. The van der Waals surface area contributed by atoms with Crippen molar-refractivity contribution in [1.29, 1.82) is 0 Å². The predicted octanol–water partition coefficient (Wildman–Crippen LogP) is 1.33. The van der Waals surface area contributed by atoms with Gasteiger partial charge in [0.25, 0.3) is 5.91 Å². The van der Waals surface area contributed by atoms with E-state index in [4.69, 9.17) is 9.94 Å². The Balaban J connectivity index is 2.46. The molecule has 1 aromatic carbocycles. The van der Waals surface area contributed by atoms with Gasteiger partial charge >= 0.3 is 0 Å². The molecular formula is C8H8BrNO3. The van der Waals surface area contributed by atoms with Crippen molar-refractivity contribution in [3.63, 3.8) is 0 Å². The van der Waals surface area contributed by atoms with Gasteiger partial charge in [-0.25, -0.2) is 5.48 Å². The van der Waals surface area contributed by atoms with Gasteiger partial charge in [0.2, 0.25) is 0 Å². The van der Waals surface area contributed by atoms with Crippen LogP contribution in [0, 0.1) is 0 Å². The molecule has 0 aliphatic heterocycles. The summed E-state index contributed by atoms with van der Waals surface area (Å²) in [5.41, 5.74) is 1.47. The highest BCUT2D eigenvalue weighted by Crippen LogP contribution is 2.15. The van der Waals surface area contributed by atoms with E-state index >= 15 is 0 Å². The van der Waals surface area contributed by atoms with Crippen molar-refractivity contribution in [2.45, 2.75) is 0 Å². The molecule has 0 saturated heterocycles. The highest BCUT2D eigenvalue weighted by atomic mass is 79.9. The number of ether oxygens (including phenoxy) is 1. The third-order valence-corrected chi connectivity index (χ3v) is 1.84. The second-order valence-corrected chi connectivity index (χ2v) is 3.19. The average molecular weight is 246 g/mol. The number of hydrogen-bond acceptors (Lipinski definition) is 3. The van der Waals surface area contributed by atoms with Crippen LogP contribution in [0.1, 0.15) is 0 Å². The van der Waals surface area contributed by atoms with Crippen molar-refractivity contribution >= 4 is 21.8 Å². The molecule has 1 amide bonds. The molecule has 1 rings (SSSR count). The summed E-state index contributed by atoms with van der Waals surface area (Å²) in [7, 11) is 0. The molecule has 0 aromatic heterocycles. The van der Waals surface area contributed by atoms with Crippen LogP contribution in [-0.4, -0.2) is 17.7 Å². The fourth-order valence-corrected chi connectivity index (χ4v) is 0.976. The van der Waals surface area contributed by atoms with Gasteiger partial charge in [-0.3, -0.25) is 10.0 Å². The Labute approximate surface area is 83.6 Å². The zero-order chi connectivity index (χ0) is 9.68. The third kappa shape index (κ3) is 3.43. The Morgan fingerprint density at radius 3 is 2.62 bits per heavy atom. The molecule has 0 heterocycles. The molecule has 70 valence electrons. The fourth-order valence-electron chi connectivity index (χ4n) is 0.712. The highest BCUT2D eigenvalue weighted by molar-refractivity contribution is 9.10. The standard InChI is InChI=1S/C8H8BrNO3/c9-6-1-3-7(4-2-6)13-5-8(11)10-12/h1-4,12H,5H2,(H,10,11). The molecule has 2 N–H and O–H groups in total. The minimum atomic E-state index is -0.581. The Kier molecular flexibility index (Phi) is 3.72. The summed E-state index contributed by atoms with van der Waals surface area (Å²) in [6, 6.07) is 7.03. The zero-order valence-electron chi connectivity index (χ0n) is 6.66. The van der Waals surface area contributed by atoms with Gasteiger partial charge < -0.3 is 4.74 Å². The molecule has 0 unspecified atom stereocenters. The number of hydrogen-bond donors (Lipinski definition) is 2. The summed E-state index contributed by atoms with van der Waals surface area (Å²) in [6.07, 6.45) is 0. The minimum absolute atomic E-state index is 0.196. The number of halogens is 1. The van der Waals surface area contributed by atoms with Gasteiger partial charge in [0, 0.05) is 4.47 Å². The molecule has 0 radical (unpaired) electrons. The van der Waals surface area contributed by atoms with Gasteiger partial charge in [0.05, 0.1) is 0 Å². The Bertz CT molecular complexity index is 286. The summed E-state index contributed by atoms with van der Waals surface area (Å²) in [5.74, 6) is -0.00489. The van der Waals surface area contributed by atoms with E-state index in [9.17, 15) is 4.79 Å². The molecule has 0 bridgehead atoms. The van der Waals surface area contributed by atoms with Gasteiger partial charge in [-0.2, -0.15) is 0 Å². The second-order valence-electron chi connectivity index (χ2n) is 2.28. The van der Waals surface area contributed by atoms with Crippen molar-refractivity contribution < 1.29 is 14.7 Å². The largest absolute Gasteiger partial charge is 0.484 e. The number of nitrogens with one attached hydrogen (secondary N) is 1. The molecule has 0 aliphatic rings. The van der Waals surface area contributed by atoms with Crippen molar-refractivity contribution in [1.82, 2.24) is 5.48 Å². The smallest absolute Gasteiger partial charge is 0.281 e. The van der Waals surface area contributed by atoms with E-state index in [0.29, 0.717) is 5.75 Å².